The van der Waals surface area contributed by atoms with Crippen LogP contribution in [0.15, 0.2) is 65.7 Å². The van der Waals surface area contributed by atoms with E-state index in [2.05, 4.69) is 26.8 Å². The van der Waals surface area contributed by atoms with Crippen LogP contribution in [0.3, 0.4) is 0 Å². The van der Waals surface area contributed by atoms with E-state index in [9.17, 15) is 5.11 Å². The van der Waals surface area contributed by atoms with Crippen LogP contribution in [0.1, 0.15) is 49.2 Å². The summed E-state index contributed by atoms with van der Waals surface area (Å²) in [5.74, 6) is 0.665. The minimum atomic E-state index is -0.490. The Morgan fingerprint density at radius 1 is 1.03 bits per heavy atom. The highest BCUT2D eigenvalue weighted by Gasteiger charge is 2.33. The number of hydrogen-bond acceptors (Lipinski definition) is 4. The minimum Gasteiger partial charge on any atom is -0.507 e. The minimum absolute atomic E-state index is 0.101. The summed E-state index contributed by atoms with van der Waals surface area (Å²) < 4.78 is 0. The quantitative estimate of drug-likeness (QED) is 0.502. The van der Waals surface area contributed by atoms with Crippen LogP contribution in [0, 0.1) is 6.92 Å². The van der Waals surface area contributed by atoms with Gasteiger partial charge in [0.25, 0.3) is 0 Å². The third-order valence-corrected chi connectivity index (χ3v) is 5.93. The molecule has 0 bridgehead atoms. The molecule has 1 aliphatic rings. The number of hydroxylamine groups is 2. The van der Waals surface area contributed by atoms with Crippen LogP contribution in [-0.2, 0) is 10.3 Å². The molecule has 0 fully saturated rings. The molecular weight excluding hydrogens is 408 g/mol. The average molecular weight is 435 g/mol. The van der Waals surface area contributed by atoms with E-state index < -0.39 is 6.17 Å². The van der Waals surface area contributed by atoms with Crippen molar-refractivity contribution in [2.24, 2.45) is 4.99 Å². The number of halogens is 1. The molecule has 0 amide bonds. The van der Waals surface area contributed by atoms with Gasteiger partial charge >= 0.3 is 0 Å². The van der Waals surface area contributed by atoms with Gasteiger partial charge in [0.05, 0.1) is 10.6 Å². The summed E-state index contributed by atoms with van der Waals surface area (Å²) in [7, 11) is 1.82. The average Bonchev–Trinajstić information content (AvgIpc) is 3.08. The lowest BCUT2D eigenvalue weighted by molar-refractivity contribution is -0.0577. The number of rotatable bonds is 3. The Hall–Kier alpha value is -2.82. The van der Waals surface area contributed by atoms with Gasteiger partial charge in [0.1, 0.15) is 5.75 Å². The zero-order valence-corrected chi connectivity index (χ0v) is 19.2. The van der Waals surface area contributed by atoms with E-state index >= 15 is 0 Å². The molecule has 4 nitrogen and oxygen atoms in total. The summed E-state index contributed by atoms with van der Waals surface area (Å²) in [5.41, 5.74) is 5.22. The van der Waals surface area contributed by atoms with Crippen molar-refractivity contribution in [2.45, 2.75) is 39.3 Å². The number of aryl methyl sites for hydroxylation is 1. The van der Waals surface area contributed by atoms with E-state index in [1.165, 1.54) is 0 Å². The number of phenolic OH excluding ortho intramolecular Hbond substituents is 1. The topological polar surface area (TPSA) is 45.1 Å². The Balaban J connectivity index is 1.88. The SMILES string of the molecule is Cc1cccc(Cl)c1C1=NC(c2cc(C(C)(C)C)cc(-c3ccccc3)c2O)N(C)O1. The molecule has 1 aliphatic heterocycles. The van der Waals surface area contributed by atoms with Gasteiger partial charge in [-0.3, -0.25) is 0 Å². The van der Waals surface area contributed by atoms with Gasteiger partial charge in [0, 0.05) is 18.2 Å². The van der Waals surface area contributed by atoms with Gasteiger partial charge in [0.2, 0.25) is 5.90 Å². The Labute approximate surface area is 188 Å². The first kappa shape index (κ1) is 21.4. The first-order chi connectivity index (χ1) is 14.7. The molecule has 1 atom stereocenters. The van der Waals surface area contributed by atoms with Crippen molar-refractivity contribution >= 4 is 17.5 Å². The van der Waals surface area contributed by atoms with E-state index in [1.807, 2.05) is 68.6 Å². The van der Waals surface area contributed by atoms with Crippen LogP contribution in [0.2, 0.25) is 5.02 Å². The molecule has 5 heteroatoms. The molecule has 0 aromatic heterocycles. The first-order valence-electron chi connectivity index (χ1n) is 10.3. The molecule has 4 rings (SSSR count). The van der Waals surface area contributed by atoms with E-state index in [-0.39, 0.29) is 11.2 Å². The van der Waals surface area contributed by atoms with Crippen molar-refractivity contribution in [3.8, 4) is 16.9 Å². The number of benzene rings is 3. The molecule has 160 valence electrons. The van der Waals surface area contributed by atoms with Crippen molar-refractivity contribution < 1.29 is 9.94 Å². The van der Waals surface area contributed by atoms with E-state index in [1.54, 1.807) is 5.06 Å². The normalized spacial score (nSPS) is 16.8. The third kappa shape index (κ3) is 4.06. The summed E-state index contributed by atoms with van der Waals surface area (Å²) in [4.78, 5) is 10.8. The van der Waals surface area contributed by atoms with Crippen LogP contribution in [0.5, 0.6) is 5.75 Å². The fourth-order valence-corrected chi connectivity index (χ4v) is 4.11. The van der Waals surface area contributed by atoms with E-state index in [4.69, 9.17) is 21.4 Å². The maximum absolute atomic E-state index is 11.3. The summed E-state index contributed by atoms with van der Waals surface area (Å²) in [6.45, 7) is 8.46. The predicted molar refractivity (Wildman–Crippen MR) is 127 cm³/mol. The Morgan fingerprint density at radius 3 is 2.39 bits per heavy atom. The molecule has 0 saturated heterocycles. The Kier molecular flexibility index (Phi) is 5.54. The number of aliphatic imine (C=N–C) groups is 1. The molecule has 0 saturated carbocycles. The Morgan fingerprint density at radius 2 is 1.74 bits per heavy atom. The van der Waals surface area contributed by atoms with Crippen LogP contribution in [0.25, 0.3) is 11.1 Å². The highest BCUT2D eigenvalue weighted by atomic mass is 35.5. The molecule has 1 unspecified atom stereocenters. The third-order valence-electron chi connectivity index (χ3n) is 5.62. The number of hydrogen-bond donors (Lipinski definition) is 1. The predicted octanol–water partition coefficient (Wildman–Crippen LogP) is 6.64. The number of aromatic hydroxyl groups is 1. The van der Waals surface area contributed by atoms with Crippen molar-refractivity contribution in [1.82, 2.24) is 5.06 Å². The summed E-state index contributed by atoms with van der Waals surface area (Å²) in [6, 6.07) is 19.7. The van der Waals surface area contributed by atoms with Crippen LogP contribution in [-0.4, -0.2) is 23.1 Å². The monoisotopic (exact) mass is 434 g/mol. The molecular formula is C26H27ClN2O2. The summed E-state index contributed by atoms with van der Waals surface area (Å²) in [5, 5.41) is 13.5. The summed E-state index contributed by atoms with van der Waals surface area (Å²) in [6.07, 6.45) is -0.490. The van der Waals surface area contributed by atoms with Crippen molar-refractivity contribution in [3.05, 3.63) is 87.9 Å². The fraction of sp³-hybridized carbons (Fsp3) is 0.269. The second-order valence-corrected chi connectivity index (χ2v) is 9.36. The molecule has 3 aromatic rings. The fourth-order valence-electron chi connectivity index (χ4n) is 3.81. The largest absolute Gasteiger partial charge is 0.507 e. The molecule has 1 N–H and O–H groups in total. The molecule has 1 heterocycles. The van der Waals surface area contributed by atoms with Crippen LogP contribution < -0.4 is 0 Å². The van der Waals surface area contributed by atoms with Crippen molar-refractivity contribution in [2.75, 3.05) is 7.05 Å². The van der Waals surface area contributed by atoms with Gasteiger partial charge in [0.15, 0.2) is 6.17 Å². The van der Waals surface area contributed by atoms with E-state index in [0.717, 1.165) is 27.8 Å². The molecule has 0 aliphatic carbocycles. The zero-order valence-electron chi connectivity index (χ0n) is 18.5. The van der Waals surface area contributed by atoms with Gasteiger partial charge < -0.3 is 9.94 Å². The van der Waals surface area contributed by atoms with Crippen molar-refractivity contribution in [1.29, 1.82) is 0 Å². The van der Waals surface area contributed by atoms with Crippen LogP contribution >= 0.6 is 11.6 Å². The summed E-state index contributed by atoms with van der Waals surface area (Å²) >= 11 is 6.44. The number of phenols is 1. The Bertz CT molecular complexity index is 1130. The van der Waals surface area contributed by atoms with Gasteiger partial charge in [-0.2, -0.15) is 0 Å². The second kappa shape index (κ2) is 8.03. The highest BCUT2D eigenvalue weighted by molar-refractivity contribution is 6.34. The standard InChI is InChI=1S/C26H27ClN2O2/c1-16-10-9-13-21(27)22(16)25-28-24(29(5)31-25)20-15-18(26(2,3)4)14-19(23(20)30)17-11-7-6-8-12-17/h6-15,24,30H,1-5H3. The maximum atomic E-state index is 11.3. The molecule has 0 spiro atoms. The van der Waals surface area contributed by atoms with E-state index in [0.29, 0.717) is 16.5 Å². The van der Waals surface area contributed by atoms with Crippen LogP contribution in [0.4, 0.5) is 0 Å². The van der Waals surface area contributed by atoms with Gasteiger partial charge in [-0.15, -0.1) is 5.06 Å². The van der Waals surface area contributed by atoms with Gasteiger partial charge in [-0.25, -0.2) is 4.99 Å². The first-order valence-corrected chi connectivity index (χ1v) is 10.7. The lowest BCUT2D eigenvalue weighted by Gasteiger charge is -2.25. The van der Waals surface area contributed by atoms with Gasteiger partial charge in [-0.1, -0.05) is 74.8 Å². The molecule has 0 radical (unpaired) electrons. The van der Waals surface area contributed by atoms with Gasteiger partial charge in [-0.05, 0) is 47.2 Å². The van der Waals surface area contributed by atoms with Crippen molar-refractivity contribution in [3.63, 3.8) is 0 Å². The lowest BCUT2D eigenvalue weighted by Crippen LogP contribution is -2.20. The molecule has 3 aromatic carbocycles. The highest BCUT2D eigenvalue weighted by Crippen LogP contribution is 2.43. The lowest BCUT2D eigenvalue weighted by atomic mass is 9.83. The molecule has 31 heavy (non-hydrogen) atoms. The second-order valence-electron chi connectivity index (χ2n) is 8.95. The maximum Gasteiger partial charge on any atom is 0.244 e. The smallest absolute Gasteiger partial charge is 0.244 e. The zero-order chi connectivity index (χ0) is 22.3. The number of nitrogens with zero attached hydrogens (tertiary/aromatic N) is 2.